The predicted molar refractivity (Wildman–Crippen MR) is 118 cm³/mol. The van der Waals surface area contributed by atoms with E-state index in [2.05, 4.69) is 15.0 Å². The number of likely N-dealkylation sites (tertiary alicyclic amines) is 1. The first-order chi connectivity index (χ1) is 14.4. The van der Waals surface area contributed by atoms with Crippen LogP contribution in [-0.2, 0) is 10.0 Å². The Bertz CT molecular complexity index is 1150. The smallest absolute Gasteiger partial charge is 0.270 e. The van der Waals surface area contributed by atoms with Crippen molar-refractivity contribution in [2.45, 2.75) is 24.7 Å². The molecule has 1 aliphatic heterocycles. The van der Waals surface area contributed by atoms with Gasteiger partial charge in [-0.2, -0.15) is 0 Å². The summed E-state index contributed by atoms with van der Waals surface area (Å²) >= 11 is 0. The minimum absolute atomic E-state index is 0.0233. The summed E-state index contributed by atoms with van der Waals surface area (Å²) in [6.45, 7) is 3.41. The third-order valence-corrected chi connectivity index (χ3v) is 6.44. The van der Waals surface area contributed by atoms with Crippen molar-refractivity contribution < 1.29 is 13.2 Å². The molecule has 0 bridgehead atoms. The summed E-state index contributed by atoms with van der Waals surface area (Å²) in [5, 5.41) is 3.24. The highest BCUT2D eigenvalue weighted by Crippen LogP contribution is 2.28. The number of anilines is 3. The number of carbonyl (C=O) groups is 1. The Morgan fingerprint density at radius 2 is 1.67 bits per heavy atom. The van der Waals surface area contributed by atoms with E-state index in [9.17, 15) is 13.2 Å². The van der Waals surface area contributed by atoms with E-state index < -0.39 is 10.0 Å². The van der Waals surface area contributed by atoms with E-state index in [1.807, 2.05) is 37.3 Å². The van der Waals surface area contributed by atoms with Crippen LogP contribution in [0.25, 0.3) is 0 Å². The molecular weight excluding hydrogens is 400 g/mol. The van der Waals surface area contributed by atoms with Gasteiger partial charge in [-0.3, -0.25) is 9.52 Å². The van der Waals surface area contributed by atoms with Gasteiger partial charge in [-0.15, -0.1) is 0 Å². The quantitative estimate of drug-likeness (QED) is 0.555. The fourth-order valence-electron chi connectivity index (χ4n) is 3.42. The average molecular weight is 425 g/mol. The molecule has 30 heavy (non-hydrogen) atoms. The van der Waals surface area contributed by atoms with Gasteiger partial charge in [0.2, 0.25) is 0 Å². The third kappa shape index (κ3) is 4.33. The van der Waals surface area contributed by atoms with Crippen LogP contribution in [0.1, 0.15) is 28.9 Å². The van der Waals surface area contributed by atoms with Crippen molar-refractivity contribution in [3.05, 3.63) is 72.1 Å². The molecule has 2 aromatic carbocycles. The second-order valence-electron chi connectivity index (χ2n) is 7.39. The Morgan fingerprint density at radius 3 is 2.37 bits per heavy atom. The monoisotopic (exact) mass is 424 g/mol. The molecule has 3 N–H and O–H groups in total. The van der Waals surface area contributed by atoms with Crippen molar-refractivity contribution in [3.63, 3.8) is 0 Å². The predicted octanol–water partition coefficient (Wildman–Crippen LogP) is 4.10. The number of nitrogens with zero attached hydrogens (tertiary/aromatic N) is 1. The number of H-pyrrole nitrogens is 1. The molecule has 1 amide bonds. The van der Waals surface area contributed by atoms with Crippen LogP contribution in [0.15, 0.2) is 65.7 Å². The SMILES string of the molecule is Cc1ccc(Nc2ccccc2NS(=O)(=O)c2c[nH]c(C(=O)N3CCCC3)c2)cc1. The molecule has 0 aliphatic carbocycles. The molecule has 156 valence electrons. The largest absolute Gasteiger partial charge is 0.356 e. The van der Waals surface area contributed by atoms with Crippen LogP contribution < -0.4 is 10.0 Å². The molecule has 8 heteroatoms. The summed E-state index contributed by atoms with van der Waals surface area (Å²) in [7, 11) is -3.86. The van der Waals surface area contributed by atoms with E-state index in [1.165, 1.54) is 12.3 Å². The van der Waals surface area contributed by atoms with Gasteiger partial charge in [-0.1, -0.05) is 29.8 Å². The average Bonchev–Trinajstić information content (AvgIpc) is 3.43. The number of aromatic nitrogens is 1. The van der Waals surface area contributed by atoms with Gasteiger partial charge in [0.1, 0.15) is 10.6 Å². The van der Waals surface area contributed by atoms with Crippen molar-refractivity contribution in [1.29, 1.82) is 0 Å². The fraction of sp³-hybridized carbons (Fsp3) is 0.227. The van der Waals surface area contributed by atoms with Crippen LogP contribution in [-0.4, -0.2) is 37.3 Å². The number of nitrogens with one attached hydrogen (secondary N) is 3. The van der Waals surface area contributed by atoms with Gasteiger partial charge in [0.15, 0.2) is 0 Å². The number of para-hydroxylation sites is 2. The molecule has 0 saturated carbocycles. The van der Waals surface area contributed by atoms with E-state index in [0.717, 1.165) is 24.1 Å². The molecule has 1 aromatic heterocycles. The molecule has 7 nitrogen and oxygen atoms in total. The molecule has 0 spiro atoms. The molecular formula is C22H24N4O3S. The van der Waals surface area contributed by atoms with E-state index >= 15 is 0 Å². The molecule has 0 radical (unpaired) electrons. The highest BCUT2D eigenvalue weighted by atomic mass is 32.2. The van der Waals surface area contributed by atoms with Crippen molar-refractivity contribution in [2.24, 2.45) is 0 Å². The minimum Gasteiger partial charge on any atom is -0.356 e. The van der Waals surface area contributed by atoms with Crippen LogP contribution in [0, 0.1) is 6.92 Å². The van der Waals surface area contributed by atoms with Gasteiger partial charge in [-0.25, -0.2) is 8.42 Å². The second-order valence-corrected chi connectivity index (χ2v) is 9.07. The Kier molecular flexibility index (Phi) is 5.50. The van der Waals surface area contributed by atoms with Crippen LogP contribution in [0.5, 0.6) is 0 Å². The van der Waals surface area contributed by atoms with Gasteiger partial charge < -0.3 is 15.2 Å². The number of amides is 1. The summed E-state index contributed by atoms with van der Waals surface area (Å²) in [6.07, 6.45) is 3.30. The van der Waals surface area contributed by atoms with Crippen LogP contribution in [0.3, 0.4) is 0 Å². The highest BCUT2D eigenvalue weighted by Gasteiger charge is 2.24. The number of aryl methyl sites for hydroxylation is 1. The van der Waals surface area contributed by atoms with Crippen molar-refractivity contribution in [2.75, 3.05) is 23.1 Å². The topological polar surface area (TPSA) is 94.3 Å². The summed E-state index contributed by atoms with van der Waals surface area (Å²) in [4.78, 5) is 17.1. The van der Waals surface area contributed by atoms with Gasteiger partial charge in [0.25, 0.3) is 15.9 Å². The zero-order valence-corrected chi connectivity index (χ0v) is 17.5. The first-order valence-electron chi connectivity index (χ1n) is 9.86. The summed E-state index contributed by atoms with van der Waals surface area (Å²) in [6, 6.07) is 16.3. The lowest BCUT2D eigenvalue weighted by molar-refractivity contribution is 0.0787. The maximum Gasteiger partial charge on any atom is 0.270 e. The van der Waals surface area contributed by atoms with E-state index in [4.69, 9.17) is 0 Å². The zero-order chi connectivity index (χ0) is 21.1. The fourth-order valence-corrected chi connectivity index (χ4v) is 4.49. The second kappa shape index (κ2) is 8.23. The van der Waals surface area contributed by atoms with Gasteiger partial charge in [0.05, 0.1) is 11.4 Å². The number of aromatic amines is 1. The van der Waals surface area contributed by atoms with Crippen LogP contribution >= 0.6 is 0 Å². The molecule has 1 aliphatic rings. The van der Waals surface area contributed by atoms with Crippen molar-refractivity contribution in [1.82, 2.24) is 9.88 Å². The minimum atomic E-state index is -3.86. The standard InChI is InChI=1S/C22H24N4O3S/c1-16-8-10-17(11-9-16)24-19-6-2-3-7-20(19)25-30(28,29)18-14-21(23-15-18)22(27)26-12-4-5-13-26/h2-3,6-11,14-15,23-25H,4-5,12-13H2,1H3. The molecule has 4 rings (SSSR count). The normalized spacial score (nSPS) is 14.0. The summed E-state index contributed by atoms with van der Waals surface area (Å²) in [5.41, 5.74) is 3.33. The molecule has 1 saturated heterocycles. The van der Waals surface area contributed by atoms with E-state index in [1.54, 1.807) is 23.1 Å². The van der Waals surface area contributed by atoms with E-state index in [0.29, 0.717) is 24.5 Å². The van der Waals surface area contributed by atoms with Gasteiger partial charge in [-0.05, 0) is 50.1 Å². The molecule has 0 atom stereocenters. The first kappa shape index (κ1) is 20.0. The number of benzene rings is 2. The molecule has 2 heterocycles. The first-order valence-corrected chi connectivity index (χ1v) is 11.3. The molecule has 3 aromatic rings. The highest BCUT2D eigenvalue weighted by molar-refractivity contribution is 7.92. The molecule has 0 unspecified atom stereocenters. The lowest BCUT2D eigenvalue weighted by atomic mass is 10.2. The lowest BCUT2D eigenvalue weighted by Crippen LogP contribution is -2.27. The van der Waals surface area contributed by atoms with Crippen molar-refractivity contribution >= 4 is 33.0 Å². The summed E-state index contributed by atoms with van der Waals surface area (Å²) in [5.74, 6) is -0.171. The maximum absolute atomic E-state index is 12.9. The van der Waals surface area contributed by atoms with E-state index in [-0.39, 0.29) is 16.5 Å². The zero-order valence-electron chi connectivity index (χ0n) is 16.7. The Morgan fingerprint density at radius 1 is 1.00 bits per heavy atom. The molecule has 1 fully saturated rings. The van der Waals surface area contributed by atoms with Crippen LogP contribution in [0.4, 0.5) is 17.1 Å². The maximum atomic E-state index is 12.9. The van der Waals surface area contributed by atoms with Gasteiger partial charge in [0, 0.05) is 25.0 Å². The van der Waals surface area contributed by atoms with Crippen LogP contribution in [0.2, 0.25) is 0 Å². The van der Waals surface area contributed by atoms with Crippen molar-refractivity contribution in [3.8, 4) is 0 Å². The Balaban J connectivity index is 1.54. The Hall–Kier alpha value is -3.26. The third-order valence-electron chi connectivity index (χ3n) is 5.09. The number of hydrogen-bond donors (Lipinski definition) is 3. The summed E-state index contributed by atoms with van der Waals surface area (Å²) < 4.78 is 28.5. The number of carbonyl (C=O) groups excluding carboxylic acids is 1. The Labute approximate surface area is 176 Å². The number of sulfonamides is 1. The lowest BCUT2D eigenvalue weighted by Gasteiger charge is -2.14. The number of rotatable bonds is 6. The number of hydrogen-bond acceptors (Lipinski definition) is 4. The van der Waals surface area contributed by atoms with Gasteiger partial charge >= 0.3 is 0 Å².